The predicted molar refractivity (Wildman–Crippen MR) is 73.3 cm³/mol. The molecule has 1 saturated carbocycles. The summed E-state index contributed by atoms with van der Waals surface area (Å²) in [5.41, 5.74) is 5.32. The number of fused-ring (bicyclic) bond motifs is 1. The lowest BCUT2D eigenvalue weighted by molar-refractivity contribution is 0.918. The van der Waals surface area contributed by atoms with Crippen LogP contribution in [0.15, 0.2) is 59.8 Å². The third kappa shape index (κ3) is 2.44. The summed E-state index contributed by atoms with van der Waals surface area (Å²) in [4.78, 5) is 0. The molecule has 0 aromatic heterocycles. The fourth-order valence-corrected chi connectivity index (χ4v) is 2.20. The summed E-state index contributed by atoms with van der Waals surface area (Å²) in [6, 6.07) is 0. The maximum atomic E-state index is 4.12. The van der Waals surface area contributed by atoms with Crippen molar-refractivity contribution >= 4 is 0 Å². The van der Waals surface area contributed by atoms with E-state index < -0.39 is 0 Å². The van der Waals surface area contributed by atoms with Gasteiger partial charge in [0.1, 0.15) is 0 Å². The molecule has 0 aromatic carbocycles. The molecule has 2 rings (SSSR count). The van der Waals surface area contributed by atoms with Gasteiger partial charge >= 0.3 is 0 Å². The molecule has 0 amide bonds. The van der Waals surface area contributed by atoms with E-state index in [2.05, 4.69) is 38.3 Å². The van der Waals surface area contributed by atoms with E-state index in [0.29, 0.717) is 5.92 Å². The first-order valence-electron chi connectivity index (χ1n) is 6.16. The van der Waals surface area contributed by atoms with E-state index in [1.54, 1.807) is 0 Å². The van der Waals surface area contributed by atoms with Crippen molar-refractivity contribution in [3.63, 3.8) is 0 Å². The van der Waals surface area contributed by atoms with E-state index in [4.69, 9.17) is 0 Å². The van der Waals surface area contributed by atoms with Crippen molar-refractivity contribution < 1.29 is 0 Å². The predicted octanol–water partition coefficient (Wildman–Crippen LogP) is 4.98. The Morgan fingerprint density at radius 2 is 2.00 bits per heavy atom. The molecule has 0 aromatic rings. The maximum absolute atomic E-state index is 4.12. The fraction of sp³-hybridized carbons (Fsp3) is 0.375. The minimum atomic E-state index is 0.531. The molecule has 1 atom stereocenters. The van der Waals surface area contributed by atoms with Crippen molar-refractivity contribution in [1.29, 1.82) is 0 Å². The van der Waals surface area contributed by atoms with Gasteiger partial charge in [-0.2, -0.15) is 0 Å². The van der Waals surface area contributed by atoms with Crippen molar-refractivity contribution in [2.75, 3.05) is 0 Å². The molecule has 16 heavy (non-hydrogen) atoms. The molecule has 0 nitrogen and oxygen atoms in total. The van der Waals surface area contributed by atoms with Crippen LogP contribution in [0, 0.1) is 5.92 Å². The zero-order chi connectivity index (χ0) is 12.1. The summed E-state index contributed by atoms with van der Waals surface area (Å²) in [5, 5.41) is 0. The van der Waals surface area contributed by atoms with Gasteiger partial charge in [0.2, 0.25) is 0 Å². The fourth-order valence-electron chi connectivity index (χ4n) is 2.20. The first kappa shape index (κ1) is 12.8. The smallest absolute Gasteiger partial charge is 0.00725 e. The van der Waals surface area contributed by atoms with Gasteiger partial charge < -0.3 is 0 Å². The highest BCUT2D eigenvalue weighted by Gasteiger charge is 2.21. The van der Waals surface area contributed by atoms with E-state index >= 15 is 0 Å². The van der Waals surface area contributed by atoms with Gasteiger partial charge in [-0.1, -0.05) is 58.2 Å². The van der Waals surface area contributed by atoms with Crippen LogP contribution in [0.3, 0.4) is 0 Å². The summed E-state index contributed by atoms with van der Waals surface area (Å²) < 4.78 is 0. The first-order valence-corrected chi connectivity index (χ1v) is 6.16. The second kappa shape index (κ2) is 5.69. The van der Waals surface area contributed by atoms with Gasteiger partial charge in [0.05, 0.1) is 0 Å². The summed E-state index contributed by atoms with van der Waals surface area (Å²) in [5.74, 6) is 0.531. The van der Waals surface area contributed by atoms with Crippen molar-refractivity contribution in [2.45, 2.75) is 33.6 Å². The van der Waals surface area contributed by atoms with Gasteiger partial charge in [0.25, 0.3) is 0 Å². The van der Waals surface area contributed by atoms with Crippen LogP contribution in [0.2, 0.25) is 0 Å². The number of hydrogen-bond acceptors (Lipinski definition) is 0. The molecule has 0 heterocycles. The van der Waals surface area contributed by atoms with Crippen molar-refractivity contribution in [2.24, 2.45) is 5.92 Å². The zero-order valence-electron chi connectivity index (χ0n) is 10.7. The molecule has 1 fully saturated rings. The van der Waals surface area contributed by atoms with Crippen LogP contribution in [0.5, 0.6) is 0 Å². The van der Waals surface area contributed by atoms with E-state index in [1.165, 1.54) is 22.3 Å². The molecule has 0 saturated heterocycles. The standard InChI is InChI=1S/C14H16.C2H6/c1-4-12-7-5-10(2)9-13-8-6-11(3)14(12)13;1-2/h4-5,7,9-10H,1,3,6,8H2,2H3;1-2H3. The summed E-state index contributed by atoms with van der Waals surface area (Å²) >= 11 is 0. The van der Waals surface area contributed by atoms with Crippen LogP contribution < -0.4 is 0 Å². The van der Waals surface area contributed by atoms with Gasteiger partial charge in [-0.3, -0.25) is 0 Å². The lowest BCUT2D eigenvalue weighted by Crippen LogP contribution is -1.86. The largest absolute Gasteiger partial charge is 0.0984 e. The van der Waals surface area contributed by atoms with Gasteiger partial charge in [0.15, 0.2) is 0 Å². The average Bonchev–Trinajstić information content (AvgIpc) is 2.57. The first-order chi connectivity index (χ1) is 7.72. The number of rotatable bonds is 1. The summed E-state index contributed by atoms with van der Waals surface area (Å²) in [6.07, 6.45) is 10.9. The topological polar surface area (TPSA) is 0 Å². The van der Waals surface area contributed by atoms with E-state index in [9.17, 15) is 0 Å². The van der Waals surface area contributed by atoms with E-state index in [0.717, 1.165) is 12.8 Å². The highest BCUT2D eigenvalue weighted by atomic mass is 14.3. The Morgan fingerprint density at radius 3 is 2.62 bits per heavy atom. The molecule has 0 heteroatoms. The molecule has 1 unspecified atom stereocenters. The number of allylic oxidation sites excluding steroid dienone is 8. The van der Waals surface area contributed by atoms with Gasteiger partial charge in [-0.15, -0.1) is 0 Å². The van der Waals surface area contributed by atoms with Gasteiger partial charge in [-0.25, -0.2) is 0 Å². The minimum absolute atomic E-state index is 0.531. The quantitative estimate of drug-likeness (QED) is 0.577. The molecule has 86 valence electrons. The second-order valence-electron chi connectivity index (χ2n) is 4.05. The minimum Gasteiger partial charge on any atom is -0.0984 e. The van der Waals surface area contributed by atoms with Crippen molar-refractivity contribution in [3.05, 3.63) is 59.8 Å². The molecule has 0 radical (unpaired) electrons. The van der Waals surface area contributed by atoms with Crippen molar-refractivity contribution in [3.8, 4) is 0 Å². The van der Waals surface area contributed by atoms with Crippen LogP contribution in [0.1, 0.15) is 33.6 Å². The Hall–Kier alpha value is -1.30. The number of hydrogen-bond donors (Lipinski definition) is 0. The molecule has 2 aliphatic rings. The lowest BCUT2D eigenvalue weighted by Gasteiger charge is -2.04. The third-order valence-corrected chi connectivity index (χ3v) is 2.92. The zero-order valence-corrected chi connectivity index (χ0v) is 10.7. The van der Waals surface area contributed by atoms with Crippen LogP contribution in [0.4, 0.5) is 0 Å². The Kier molecular flexibility index (Phi) is 4.54. The van der Waals surface area contributed by atoms with Crippen LogP contribution in [-0.2, 0) is 0 Å². The van der Waals surface area contributed by atoms with Crippen LogP contribution >= 0.6 is 0 Å². The molecule has 0 N–H and O–H groups in total. The summed E-state index contributed by atoms with van der Waals surface area (Å²) in [7, 11) is 0. The molecule has 0 bridgehead atoms. The van der Waals surface area contributed by atoms with Crippen LogP contribution in [-0.4, -0.2) is 0 Å². The average molecular weight is 214 g/mol. The Bertz CT molecular complexity index is 375. The Morgan fingerprint density at radius 1 is 1.31 bits per heavy atom. The highest BCUT2D eigenvalue weighted by Crippen LogP contribution is 2.39. The van der Waals surface area contributed by atoms with E-state index in [-0.39, 0.29) is 0 Å². The van der Waals surface area contributed by atoms with Gasteiger partial charge in [0, 0.05) is 0 Å². The molecule has 0 spiro atoms. The molecular formula is C16H22. The monoisotopic (exact) mass is 214 g/mol. The molecular weight excluding hydrogens is 192 g/mol. The molecule has 0 aliphatic heterocycles. The SMILES string of the molecule is C=CC1=C2C(=C)CCC2=CC(C)C=C1.CC. The normalized spacial score (nSPS) is 23.1. The third-order valence-electron chi connectivity index (χ3n) is 2.92. The van der Waals surface area contributed by atoms with Crippen molar-refractivity contribution in [1.82, 2.24) is 0 Å². The second-order valence-corrected chi connectivity index (χ2v) is 4.05. The van der Waals surface area contributed by atoms with Gasteiger partial charge in [-0.05, 0) is 41.1 Å². The lowest BCUT2D eigenvalue weighted by atomic mass is 10.0. The maximum Gasteiger partial charge on any atom is -0.00725 e. The summed E-state index contributed by atoms with van der Waals surface area (Å²) in [6.45, 7) is 14.2. The Labute approximate surface area is 99.8 Å². The molecule has 2 aliphatic carbocycles. The highest BCUT2D eigenvalue weighted by molar-refractivity contribution is 5.59. The van der Waals surface area contributed by atoms with E-state index in [1.807, 2.05) is 19.9 Å². The Balaban J connectivity index is 0.000000606. The van der Waals surface area contributed by atoms with Crippen LogP contribution in [0.25, 0.3) is 0 Å².